The van der Waals surface area contributed by atoms with E-state index in [1.165, 1.54) is 25.3 Å². The first-order valence-electron chi connectivity index (χ1n) is 6.36. The Bertz CT molecular complexity index is 490. The first kappa shape index (κ1) is 16.3. The number of carbonyl (C=O) groups excluding carboxylic acids is 1. The molecule has 0 bridgehead atoms. The minimum absolute atomic E-state index is 0.314. The average molecular weight is 300 g/mol. The third-order valence-electron chi connectivity index (χ3n) is 2.86. The molecule has 6 heteroatoms. The largest absolute Gasteiger partial charge is 0.495 e. The number of aliphatic carboxylic acids is 1. The highest BCUT2D eigenvalue weighted by Crippen LogP contribution is 2.25. The summed E-state index contributed by atoms with van der Waals surface area (Å²) in [6.07, 6.45) is 2.01. The zero-order valence-electron chi connectivity index (χ0n) is 11.5. The van der Waals surface area contributed by atoms with Crippen LogP contribution in [0.3, 0.4) is 0 Å². The Kier molecular flexibility index (Phi) is 6.31. The molecule has 1 unspecified atom stereocenters. The van der Waals surface area contributed by atoms with Crippen molar-refractivity contribution in [3.8, 4) is 5.75 Å². The van der Waals surface area contributed by atoms with E-state index in [0.29, 0.717) is 22.8 Å². The van der Waals surface area contributed by atoms with E-state index in [1.807, 2.05) is 6.92 Å². The normalized spacial score (nSPS) is 11.8. The number of rotatable bonds is 7. The van der Waals surface area contributed by atoms with Crippen molar-refractivity contribution in [3.05, 3.63) is 28.8 Å². The Morgan fingerprint density at radius 2 is 2.15 bits per heavy atom. The number of carboxylic acid groups (broad SMARTS) is 1. The number of carbonyl (C=O) groups is 2. The van der Waals surface area contributed by atoms with E-state index in [2.05, 4.69) is 5.32 Å². The van der Waals surface area contributed by atoms with Gasteiger partial charge in [0.05, 0.1) is 12.1 Å². The lowest BCUT2D eigenvalue weighted by Crippen LogP contribution is -2.40. The second-order valence-corrected chi connectivity index (χ2v) is 4.76. The third kappa shape index (κ3) is 4.42. The van der Waals surface area contributed by atoms with Crippen molar-refractivity contribution in [1.29, 1.82) is 0 Å². The van der Waals surface area contributed by atoms with Crippen LogP contribution >= 0.6 is 11.6 Å². The van der Waals surface area contributed by atoms with Crippen molar-refractivity contribution in [2.75, 3.05) is 7.11 Å². The molecule has 0 fully saturated rings. The average Bonchev–Trinajstić information content (AvgIpc) is 2.43. The maximum Gasteiger partial charge on any atom is 0.326 e. The van der Waals surface area contributed by atoms with Crippen molar-refractivity contribution in [3.63, 3.8) is 0 Å². The van der Waals surface area contributed by atoms with Crippen molar-refractivity contribution < 1.29 is 19.4 Å². The van der Waals surface area contributed by atoms with Gasteiger partial charge in [-0.3, -0.25) is 4.79 Å². The molecule has 0 aliphatic rings. The molecule has 0 saturated heterocycles. The summed E-state index contributed by atoms with van der Waals surface area (Å²) >= 11 is 5.87. The van der Waals surface area contributed by atoms with Gasteiger partial charge in [-0.2, -0.15) is 0 Å². The van der Waals surface area contributed by atoms with Crippen LogP contribution in [0.5, 0.6) is 5.75 Å². The highest BCUT2D eigenvalue weighted by atomic mass is 35.5. The third-order valence-corrected chi connectivity index (χ3v) is 3.18. The van der Waals surface area contributed by atoms with E-state index in [1.54, 1.807) is 0 Å². The van der Waals surface area contributed by atoms with E-state index in [0.717, 1.165) is 12.8 Å². The minimum atomic E-state index is -1.03. The number of benzene rings is 1. The van der Waals surface area contributed by atoms with E-state index < -0.39 is 17.9 Å². The standard InChI is InChI=1S/C14H18ClNO4/c1-3-4-5-11(14(18)19)16-13(17)9-6-7-10(15)12(8-9)20-2/h6-8,11H,3-5H2,1-2H3,(H,16,17)(H,18,19). The lowest BCUT2D eigenvalue weighted by molar-refractivity contribution is -0.139. The van der Waals surface area contributed by atoms with Gasteiger partial charge in [0.25, 0.3) is 5.91 Å². The smallest absolute Gasteiger partial charge is 0.326 e. The summed E-state index contributed by atoms with van der Waals surface area (Å²) in [6.45, 7) is 1.96. The maximum absolute atomic E-state index is 12.0. The Hall–Kier alpha value is -1.75. The molecular formula is C14H18ClNO4. The maximum atomic E-state index is 12.0. The molecule has 1 rings (SSSR count). The van der Waals surface area contributed by atoms with Crippen LogP contribution in [0.15, 0.2) is 18.2 Å². The molecular weight excluding hydrogens is 282 g/mol. The SMILES string of the molecule is CCCCC(NC(=O)c1ccc(Cl)c(OC)c1)C(=O)O. The summed E-state index contributed by atoms with van der Waals surface area (Å²) in [7, 11) is 1.45. The molecule has 0 spiro atoms. The van der Waals surface area contributed by atoms with Gasteiger partial charge in [-0.05, 0) is 24.6 Å². The van der Waals surface area contributed by atoms with E-state index in [-0.39, 0.29) is 0 Å². The Balaban J connectivity index is 2.80. The lowest BCUT2D eigenvalue weighted by atomic mass is 10.1. The minimum Gasteiger partial charge on any atom is -0.495 e. The fourth-order valence-corrected chi connectivity index (χ4v) is 1.90. The molecule has 1 atom stereocenters. The number of hydrogen-bond acceptors (Lipinski definition) is 3. The summed E-state index contributed by atoms with van der Waals surface area (Å²) < 4.78 is 5.02. The second kappa shape index (κ2) is 7.75. The predicted molar refractivity (Wildman–Crippen MR) is 76.4 cm³/mol. The molecule has 1 aromatic rings. The fourth-order valence-electron chi connectivity index (χ4n) is 1.71. The number of halogens is 1. The van der Waals surface area contributed by atoms with Gasteiger partial charge in [0, 0.05) is 5.56 Å². The van der Waals surface area contributed by atoms with Crippen LogP contribution in [0.25, 0.3) is 0 Å². The van der Waals surface area contributed by atoms with Crippen molar-refractivity contribution in [2.45, 2.75) is 32.2 Å². The molecule has 1 amide bonds. The number of amides is 1. The predicted octanol–water partition coefficient (Wildman–Crippen LogP) is 2.72. The molecule has 5 nitrogen and oxygen atoms in total. The zero-order chi connectivity index (χ0) is 15.1. The van der Waals surface area contributed by atoms with Gasteiger partial charge in [-0.25, -0.2) is 4.79 Å². The molecule has 0 heterocycles. The number of hydrogen-bond donors (Lipinski definition) is 2. The highest BCUT2D eigenvalue weighted by Gasteiger charge is 2.20. The lowest BCUT2D eigenvalue weighted by Gasteiger charge is -2.14. The van der Waals surface area contributed by atoms with Crippen molar-refractivity contribution in [1.82, 2.24) is 5.32 Å². The topological polar surface area (TPSA) is 75.6 Å². The second-order valence-electron chi connectivity index (χ2n) is 4.36. The van der Waals surface area contributed by atoms with Crippen LogP contribution in [0.4, 0.5) is 0 Å². The number of carboxylic acids is 1. The van der Waals surface area contributed by atoms with Crippen LogP contribution in [0.2, 0.25) is 5.02 Å². The fraction of sp³-hybridized carbons (Fsp3) is 0.429. The van der Waals surface area contributed by atoms with Gasteiger partial charge in [0.1, 0.15) is 11.8 Å². The summed E-state index contributed by atoms with van der Waals surface area (Å²) in [6, 6.07) is 3.66. The van der Waals surface area contributed by atoms with Gasteiger partial charge in [0.2, 0.25) is 0 Å². The number of unbranched alkanes of at least 4 members (excludes halogenated alkanes) is 1. The van der Waals surface area contributed by atoms with Crippen molar-refractivity contribution >= 4 is 23.5 Å². The molecule has 110 valence electrons. The Labute approximate surface area is 122 Å². The Morgan fingerprint density at radius 3 is 2.70 bits per heavy atom. The molecule has 0 aromatic heterocycles. The van der Waals surface area contributed by atoms with Gasteiger partial charge < -0.3 is 15.2 Å². The number of ether oxygens (including phenoxy) is 1. The summed E-state index contributed by atoms with van der Waals surface area (Å²) in [5.74, 6) is -1.11. The molecule has 2 N–H and O–H groups in total. The highest BCUT2D eigenvalue weighted by molar-refractivity contribution is 6.32. The van der Waals surface area contributed by atoms with Crippen LogP contribution < -0.4 is 10.1 Å². The van der Waals surface area contributed by atoms with Gasteiger partial charge in [-0.1, -0.05) is 31.4 Å². The van der Waals surface area contributed by atoms with Crippen LogP contribution in [-0.2, 0) is 4.79 Å². The number of methoxy groups -OCH3 is 1. The van der Waals surface area contributed by atoms with Crippen LogP contribution in [0.1, 0.15) is 36.5 Å². The molecule has 0 saturated carbocycles. The molecule has 0 aliphatic carbocycles. The zero-order valence-corrected chi connectivity index (χ0v) is 12.2. The summed E-state index contributed by atoms with van der Waals surface area (Å²) in [4.78, 5) is 23.1. The molecule has 0 aliphatic heterocycles. The van der Waals surface area contributed by atoms with E-state index in [9.17, 15) is 9.59 Å². The number of nitrogens with one attached hydrogen (secondary N) is 1. The van der Waals surface area contributed by atoms with Crippen molar-refractivity contribution in [2.24, 2.45) is 0 Å². The molecule has 0 radical (unpaired) electrons. The summed E-state index contributed by atoms with van der Waals surface area (Å²) in [5, 5.41) is 12.0. The van der Waals surface area contributed by atoms with Crippen LogP contribution in [-0.4, -0.2) is 30.1 Å². The van der Waals surface area contributed by atoms with Gasteiger partial charge in [-0.15, -0.1) is 0 Å². The van der Waals surface area contributed by atoms with E-state index in [4.69, 9.17) is 21.4 Å². The first-order valence-corrected chi connectivity index (χ1v) is 6.74. The molecule has 1 aromatic carbocycles. The Morgan fingerprint density at radius 1 is 1.45 bits per heavy atom. The molecule has 20 heavy (non-hydrogen) atoms. The quantitative estimate of drug-likeness (QED) is 0.811. The monoisotopic (exact) mass is 299 g/mol. The summed E-state index contributed by atoms with van der Waals surface area (Å²) in [5.41, 5.74) is 0.314. The van der Waals surface area contributed by atoms with Gasteiger partial charge >= 0.3 is 5.97 Å². The van der Waals surface area contributed by atoms with Crippen LogP contribution in [0, 0.1) is 0 Å². The first-order chi connectivity index (χ1) is 9.49. The van der Waals surface area contributed by atoms with Gasteiger partial charge in [0.15, 0.2) is 0 Å². The van der Waals surface area contributed by atoms with E-state index >= 15 is 0 Å².